The van der Waals surface area contributed by atoms with Crippen molar-refractivity contribution in [2.45, 2.75) is 89.6 Å². The van der Waals surface area contributed by atoms with Crippen LogP contribution in [0.2, 0.25) is 0 Å². The summed E-state index contributed by atoms with van der Waals surface area (Å²) in [6.45, 7) is 3.80. The molecule has 0 aliphatic heterocycles. The first kappa shape index (κ1) is 45.1. The fourth-order valence-corrected chi connectivity index (χ4v) is 8.36. The van der Waals surface area contributed by atoms with Crippen LogP contribution in [0.25, 0.3) is 10.9 Å². The summed E-state index contributed by atoms with van der Waals surface area (Å²) in [5, 5.41) is 15.1. The van der Waals surface area contributed by atoms with Crippen LogP contribution in [0.1, 0.15) is 84.7 Å². The average Bonchev–Trinajstić information content (AvgIpc) is 3.67. The van der Waals surface area contributed by atoms with E-state index in [4.69, 9.17) is 8.92 Å². The van der Waals surface area contributed by atoms with Gasteiger partial charge in [0.15, 0.2) is 6.10 Å². The lowest BCUT2D eigenvalue weighted by molar-refractivity contribution is -0.145. The Morgan fingerprint density at radius 1 is 0.948 bits per heavy atom. The van der Waals surface area contributed by atoms with Crippen LogP contribution in [0.15, 0.2) is 58.6 Å². The van der Waals surface area contributed by atoms with Crippen molar-refractivity contribution < 1.29 is 51.3 Å². The highest BCUT2D eigenvalue weighted by molar-refractivity contribution is 8.06. The van der Waals surface area contributed by atoms with Gasteiger partial charge < -0.3 is 34.8 Å². The summed E-state index contributed by atoms with van der Waals surface area (Å²) in [5.41, 5.74) is 0.644. The Bertz CT molecular complexity index is 2260. The van der Waals surface area contributed by atoms with E-state index in [2.05, 4.69) is 20.6 Å². The minimum atomic E-state index is -6.33. The molecule has 0 unspecified atom stereocenters. The molecule has 0 saturated carbocycles. The standard InChI is InChI=1S/C40H51N5O12S/c1-25-20-30(56-19-7-11-36(48)43-16-6-10-29(47)9-5-8-27(3)46)21-26(2)38(25)58(53,54,55)57-34(40(51)52)23-44-39(50)32-24-45(4)33-22-28(12-14-31(33)37(32)49)13-15-35-41-17-18-42-35/h12,14,17-18,20-22,24,34H,5-11,13,15-16,19,23H2,1-4H3,(H,41,42)(H,43,48)(H,44,50)(H,51,52)(H2,53,54,55)/t34-/m0/s1. The summed E-state index contributed by atoms with van der Waals surface area (Å²) in [6.07, 6.45) is 6.26. The third kappa shape index (κ3) is 12.7. The maximum atomic E-state index is 13.6. The van der Waals surface area contributed by atoms with Gasteiger partial charge in [-0.05, 0) is 87.4 Å². The SMILES string of the molecule is CC(=O)CCCC(=O)CCCNC(=O)CCCOc1cc(C)c(S(=O)(O)(O)O[C@@H](CNC(=O)c2cn(C)c3cc(CCc4ncc[nH]4)ccc3c2=O)C(=O)O)c(C)c1. The largest absolute Gasteiger partial charge is 0.494 e. The number of aliphatic carboxylic acids is 1. The molecule has 0 bridgehead atoms. The lowest BCUT2D eigenvalue weighted by atomic mass is 10.0. The van der Waals surface area contributed by atoms with Crippen molar-refractivity contribution in [3.8, 4) is 5.75 Å². The van der Waals surface area contributed by atoms with Crippen LogP contribution in [-0.4, -0.2) is 88.1 Å². The zero-order chi connectivity index (χ0) is 42.6. The van der Waals surface area contributed by atoms with Crippen LogP contribution >= 0.6 is 0 Å². The van der Waals surface area contributed by atoms with E-state index in [0.29, 0.717) is 63.4 Å². The Balaban J connectivity index is 1.32. The summed E-state index contributed by atoms with van der Waals surface area (Å²) in [7, 11) is -4.68. The lowest BCUT2D eigenvalue weighted by Crippen LogP contribution is -2.47. The molecule has 2 amide bonds. The topological polar surface area (TPSA) is 256 Å². The van der Waals surface area contributed by atoms with E-state index in [9.17, 15) is 47.2 Å². The molecule has 0 saturated heterocycles. The third-order valence-corrected chi connectivity index (χ3v) is 11.2. The number of H-pyrrole nitrogens is 1. The van der Waals surface area contributed by atoms with E-state index < -0.39 is 44.8 Å². The van der Waals surface area contributed by atoms with Gasteiger partial charge in [-0.3, -0.25) is 32.5 Å². The molecule has 0 radical (unpaired) electrons. The molecule has 58 heavy (non-hydrogen) atoms. The monoisotopic (exact) mass is 825 g/mol. The van der Waals surface area contributed by atoms with Crippen molar-refractivity contribution in [1.29, 1.82) is 0 Å². The number of carbonyl (C=O) groups is 5. The van der Waals surface area contributed by atoms with Gasteiger partial charge in [0.2, 0.25) is 21.2 Å². The summed E-state index contributed by atoms with van der Waals surface area (Å²) < 4.78 is 48.0. The van der Waals surface area contributed by atoms with Gasteiger partial charge >= 0.3 is 5.97 Å². The summed E-state index contributed by atoms with van der Waals surface area (Å²) in [4.78, 5) is 80.4. The highest BCUT2D eigenvalue weighted by Crippen LogP contribution is 2.38. The Morgan fingerprint density at radius 2 is 1.66 bits per heavy atom. The quantitative estimate of drug-likeness (QED) is 0.0580. The van der Waals surface area contributed by atoms with Crippen LogP contribution in [0.5, 0.6) is 5.75 Å². The zero-order valence-electron chi connectivity index (χ0n) is 33.0. The van der Waals surface area contributed by atoms with Gasteiger partial charge in [-0.25, -0.2) is 9.78 Å². The molecule has 18 heteroatoms. The number of fused-ring (bicyclic) bond motifs is 1. The number of imidazole rings is 1. The van der Waals surface area contributed by atoms with Crippen molar-refractivity contribution >= 4 is 50.2 Å². The molecular weight excluding hydrogens is 775 g/mol. The van der Waals surface area contributed by atoms with Crippen LogP contribution < -0.4 is 20.8 Å². The number of aromatic amines is 1. The Morgan fingerprint density at radius 3 is 2.31 bits per heavy atom. The summed E-state index contributed by atoms with van der Waals surface area (Å²) >= 11 is 0. The minimum Gasteiger partial charge on any atom is -0.494 e. The normalized spacial score (nSPS) is 12.7. The van der Waals surface area contributed by atoms with Gasteiger partial charge in [-0.2, -0.15) is 4.21 Å². The molecule has 0 aliphatic carbocycles. The number of carboxylic acids is 1. The number of hydrogen-bond acceptors (Lipinski definition) is 10. The zero-order valence-corrected chi connectivity index (χ0v) is 33.8. The molecule has 4 aromatic rings. The first-order valence-electron chi connectivity index (χ1n) is 18.8. The molecule has 4 rings (SSSR count). The predicted octanol–water partition coefficient (Wildman–Crippen LogP) is 3.99. The number of amides is 2. The van der Waals surface area contributed by atoms with Crippen LogP contribution in [-0.2, 0) is 53.2 Å². The maximum Gasteiger partial charge on any atom is 0.336 e. The third-order valence-electron chi connectivity index (χ3n) is 9.26. The number of carbonyl (C=O) groups excluding carboxylic acids is 4. The second-order valence-corrected chi connectivity index (χ2v) is 16.4. The highest BCUT2D eigenvalue weighted by Gasteiger charge is 2.42. The number of rotatable bonds is 23. The number of ketones is 2. The highest BCUT2D eigenvalue weighted by atomic mass is 32.3. The second kappa shape index (κ2) is 19.7. The van der Waals surface area contributed by atoms with Crippen LogP contribution in [0.4, 0.5) is 0 Å². The second-order valence-electron chi connectivity index (χ2n) is 14.2. The van der Waals surface area contributed by atoms with Gasteiger partial charge in [0.1, 0.15) is 28.7 Å². The first-order chi connectivity index (χ1) is 27.3. The molecule has 0 spiro atoms. The van der Waals surface area contributed by atoms with E-state index in [1.807, 2.05) is 6.07 Å². The fraction of sp³-hybridized carbons (Fsp3) is 0.425. The molecule has 0 aliphatic rings. The van der Waals surface area contributed by atoms with Gasteiger partial charge in [0, 0.05) is 69.7 Å². The van der Waals surface area contributed by atoms with Crippen molar-refractivity contribution in [2.75, 3.05) is 19.7 Å². The maximum absolute atomic E-state index is 13.6. The van der Waals surface area contributed by atoms with E-state index in [0.717, 1.165) is 11.4 Å². The summed E-state index contributed by atoms with van der Waals surface area (Å²) in [6, 6.07) is 7.89. The van der Waals surface area contributed by atoms with Crippen LogP contribution in [0.3, 0.4) is 0 Å². The van der Waals surface area contributed by atoms with E-state index >= 15 is 0 Å². The molecule has 2 heterocycles. The van der Waals surface area contributed by atoms with Crippen molar-refractivity contribution in [3.05, 3.63) is 87.2 Å². The molecule has 0 fully saturated rings. The average molecular weight is 826 g/mol. The van der Waals surface area contributed by atoms with Gasteiger partial charge in [-0.1, -0.05) is 6.07 Å². The van der Waals surface area contributed by atoms with Gasteiger partial charge in [-0.15, -0.1) is 0 Å². The minimum absolute atomic E-state index is 0.0301. The molecule has 2 aromatic heterocycles. The van der Waals surface area contributed by atoms with E-state index in [1.54, 1.807) is 36.1 Å². The van der Waals surface area contributed by atoms with Gasteiger partial charge in [0.05, 0.1) is 23.6 Å². The molecule has 1 atom stereocenters. The summed E-state index contributed by atoms with van der Waals surface area (Å²) in [5.74, 6) is -1.82. The number of hydrogen-bond donors (Lipinski definition) is 6. The fourth-order valence-electron chi connectivity index (χ4n) is 6.47. The number of benzene rings is 2. The first-order valence-corrected chi connectivity index (χ1v) is 20.6. The van der Waals surface area contributed by atoms with Crippen LogP contribution in [0, 0.1) is 13.8 Å². The number of pyridine rings is 1. The Hall–Kier alpha value is -5.56. The van der Waals surface area contributed by atoms with Crippen molar-refractivity contribution in [2.24, 2.45) is 7.05 Å². The molecule has 314 valence electrons. The van der Waals surface area contributed by atoms with Crippen molar-refractivity contribution in [1.82, 2.24) is 25.2 Å². The number of carboxylic acid groups (broad SMARTS) is 1. The molecule has 6 N–H and O–H groups in total. The molecule has 17 nitrogen and oxygen atoms in total. The number of aryl methyl sites for hydroxylation is 5. The predicted molar refractivity (Wildman–Crippen MR) is 214 cm³/mol. The number of aromatic nitrogens is 3. The van der Waals surface area contributed by atoms with E-state index in [1.165, 1.54) is 39.1 Å². The number of ether oxygens (including phenoxy) is 1. The number of nitrogens with zero attached hydrogens (tertiary/aromatic N) is 2. The van der Waals surface area contributed by atoms with Gasteiger partial charge in [0.25, 0.3) is 5.91 Å². The molecular formula is C40H51N5O12S. The number of Topliss-reactive ketones (excluding diaryl/α,β-unsaturated/α-hetero) is 2. The Kier molecular flexibility index (Phi) is 15.4. The molecule has 2 aromatic carbocycles. The number of nitrogens with one attached hydrogen (secondary N) is 3. The smallest absolute Gasteiger partial charge is 0.336 e. The van der Waals surface area contributed by atoms with Crippen molar-refractivity contribution in [3.63, 3.8) is 0 Å². The Labute approximate surface area is 335 Å². The lowest BCUT2D eigenvalue weighted by Gasteiger charge is -2.35. The van der Waals surface area contributed by atoms with E-state index in [-0.39, 0.29) is 58.3 Å².